The summed E-state index contributed by atoms with van der Waals surface area (Å²) in [4.78, 5) is 0. The van der Waals surface area contributed by atoms with E-state index in [1.54, 1.807) is 0 Å². The van der Waals surface area contributed by atoms with E-state index in [4.69, 9.17) is 0 Å². The summed E-state index contributed by atoms with van der Waals surface area (Å²) >= 11 is 0. The van der Waals surface area contributed by atoms with Crippen LogP contribution in [0.25, 0.3) is 0 Å². The highest BCUT2D eigenvalue weighted by atomic mass is 14.7. The monoisotopic (exact) mass is 182 g/mol. The molecule has 0 spiro atoms. The Kier molecular flexibility index (Phi) is 2.34. The maximum absolute atomic E-state index is 2.48. The van der Waals surface area contributed by atoms with Gasteiger partial charge in [0.05, 0.1) is 0 Å². The zero-order valence-corrected chi connectivity index (χ0v) is 10.5. The molecule has 0 bridgehead atoms. The predicted octanol–water partition coefficient (Wildman–Crippen LogP) is 4.49. The fourth-order valence-electron chi connectivity index (χ4n) is 3.67. The SMILES string of the molecule is CC(C)CC1(C)C(C)(C)CC1(C)C. The van der Waals surface area contributed by atoms with Crippen molar-refractivity contribution in [1.29, 1.82) is 0 Å². The van der Waals surface area contributed by atoms with Gasteiger partial charge in [0.1, 0.15) is 0 Å². The van der Waals surface area contributed by atoms with E-state index < -0.39 is 0 Å². The maximum Gasteiger partial charge on any atom is -0.0220 e. The summed E-state index contributed by atoms with van der Waals surface area (Å²) in [5.74, 6) is 0.823. The Bertz CT molecular complexity index is 182. The summed E-state index contributed by atoms with van der Waals surface area (Å²) in [6.45, 7) is 16.9. The third kappa shape index (κ3) is 1.43. The first-order chi connectivity index (χ1) is 5.62. The predicted molar refractivity (Wildman–Crippen MR) is 59.7 cm³/mol. The van der Waals surface area contributed by atoms with Gasteiger partial charge in [-0.15, -0.1) is 0 Å². The van der Waals surface area contributed by atoms with Crippen LogP contribution < -0.4 is 0 Å². The summed E-state index contributed by atoms with van der Waals surface area (Å²) in [5.41, 5.74) is 1.62. The van der Waals surface area contributed by atoms with Gasteiger partial charge in [-0.3, -0.25) is 0 Å². The molecule has 1 fully saturated rings. The van der Waals surface area contributed by atoms with Gasteiger partial charge in [-0.05, 0) is 35.0 Å². The highest BCUT2D eigenvalue weighted by Crippen LogP contribution is 2.69. The van der Waals surface area contributed by atoms with Crippen molar-refractivity contribution in [3.8, 4) is 0 Å². The highest BCUT2D eigenvalue weighted by molar-refractivity contribution is 5.10. The van der Waals surface area contributed by atoms with Crippen molar-refractivity contribution in [3.63, 3.8) is 0 Å². The van der Waals surface area contributed by atoms with Gasteiger partial charge in [-0.2, -0.15) is 0 Å². The van der Waals surface area contributed by atoms with Gasteiger partial charge in [0.25, 0.3) is 0 Å². The van der Waals surface area contributed by atoms with Crippen molar-refractivity contribution in [2.24, 2.45) is 22.2 Å². The largest absolute Gasteiger partial charge is 0.0628 e. The molecule has 0 radical (unpaired) electrons. The molecule has 1 rings (SSSR count). The first kappa shape index (κ1) is 11.1. The smallest absolute Gasteiger partial charge is 0.0220 e. The molecule has 0 unspecified atom stereocenters. The quantitative estimate of drug-likeness (QED) is 0.590. The minimum atomic E-state index is 0.536. The van der Waals surface area contributed by atoms with E-state index in [0.717, 1.165) is 5.92 Å². The van der Waals surface area contributed by atoms with Crippen molar-refractivity contribution < 1.29 is 0 Å². The van der Waals surface area contributed by atoms with Crippen LogP contribution in [0.1, 0.15) is 61.3 Å². The molecule has 0 N–H and O–H groups in total. The topological polar surface area (TPSA) is 0 Å². The van der Waals surface area contributed by atoms with Crippen LogP contribution in [0.3, 0.4) is 0 Å². The molecular formula is C13H26. The van der Waals surface area contributed by atoms with Gasteiger partial charge in [-0.25, -0.2) is 0 Å². The van der Waals surface area contributed by atoms with E-state index in [-0.39, 0.29) is 0 Å². The van der Waals surface area contributed by atoms with Gasteiger partial charge in [0.2, 0.25) is 0 Å². The van der Waals surface area contributed by atoms with Crippen molar-refractivity contribution in [2.45, 2.75) is 61.3 Å². The van der Waals surface area contributed by atoms with Gasteiger partial charge >= 0.3 is 0 Å². The van der Waals surface area contributed by atoms with E-state index >= 15 is 0 Å². The van der Waals surface area contributed by atoms with Crippen LogP contribution in [-0.2, 0) is 0 Å². The molecular weight excluding hydrogens is 156 g/mol. The second-order valence-corrected chi connectivity index (χ2v) is 6.87. The van der Waals surface area contributed by atoms with Crippen LogP contribution in [0.2, 0.25) is 0 Å². The normalized spacial score (nSPS) is 28.6. The zero-order chi connectivity index (χ0) is 10.5. The molecule has 0 aliphatic heterocycles. The third-order valence-corrected chi connectivity index (χ3v) is 4.69. The van der Waals surface area contributed by atoms with Crippen molar-refractivity contribution in [2.75, 3.05) is 0 Å². The van der Waals surface area contributed by atoms with Crippen molar-refractivity contribution >= 4 is 0 Å². The summed E-state index contributed by atoms with van der Waals surface area (Å²) in [6, 6.07) is 0. The summed E-state index contributed by atoms with van der Waals surface area (Å²) < 4.78 is 0. The van der Waals surface area contributed by atoms with Crippen LogP contribution in [0, 0.1) is 22.2 Å². The fraction of sp³-hybridized carbons (Fsp3) is 1.00. The lowest BCUT2D eigenvalue weighted by atomic mass is 9.37. The Labute approximate surface area is 84.1 Å². The molecule has 13 heavy (non-hydrogen) atoms. The lowest BCUT2D eigenvalue weighted by Crippen LogP contribution is -2.59. The number of rotatable bonds is 2. The average molecular weight is 182 g/mol. The zero-order valence-electron chi connectivity index (χ0n) is 10.5. The van der Waals surface area contributed by atoms with E-state index in [1.807, 2.05) is 0 Å². The van der Waals surface area contributed by atoms with Gasteiger partial charge < -0.3 is 0 Å². The van der Waals surface area contributed by atoms with Crippen molar-refractivity contribution in [3.05, 3.63) is 0 Å². The molecule has 0 nitrogen and oxygen atoms in total. The Hall–Kier alpha value is 0. The van der Waals surface area contributed by atoms with E-state index in [0.29, 0.717) is 16.2 Å². The first-order valence-corrected chi connectivity index (χ1v) is 5.62. The molecule has 78 valence electrons. The van der Waals surface area contributed by atoms with Crippen LogP contribution in [-0.4, -0.2) is 0 Å². The Morgan fingerprint density at radius 3 is 1.46 bits per heavy atom. The molecule has 0 aromatic heterocycles. The third-order valence-electron chi connectivity index (χ3n) is 4.69. The van der Waals surface area contributed by atoms with E-state index in [1.165, 1.54) is 12.8 Å². The standard InChI is InChI=1S/C13H26/c1-10(2)8-13(7)11(3,4)9-12(13,5)6/h10H,8-9H2,1-7H3. The lowest BCUT2D eigenvalue weighted by Gasteiger charge is -2.67. The van der Waals surface area contributed by atoms with Crippen LogP contribution in [0.4, 0.5) is 0 Å². The molecule has 0 amide bonds. The molecule has 0 aromatic carbocycles. The number of hydrogen-bond donors (Lipinski definition) is 0. The molecule has 1 aliphatic carbocycles. The van der Waals surface area contributed by atoms with Crippen LogP contribution in [0.15, 0.2) is 0 Å². The number of hydrogen-bond acceptors (Lipinski definition) is 0. The maximum atomic E-state index is 2.48. The Morgan fingerprint density at radius 1 is 0.923 bits per heavy atom. The molecule has 0 atom stereocenters. The minimum absolute atomic E-state index is 0.536. The fourth-order valence-corrected chi connectivity index (χ4v) is 3.67. The van der Waals surface area contributed by atoms with Gasteiger partial charge in [0, 0.05) is 0 Å². The second-order valence-electron chi connectivity index (χ2n) is 6.87. The molecule has 1 aliphatic rings. The van der Waals surface area contributed by atoms with E-state index in [2.05, 4.69) is 48.5 Å². The second kappa shape index (κ2) is 2.74. The average Bonchev–Trinajstić information content (AvgIpc) is 1.82. The van der Waals surface area contributed by atoms with Gasteiger partial charge in [-0.1, -0.05) is 48.5 Å². The van der Waals surface area contributed by atoms with Gasteiger partial charge in [0.15, 0.2) is 0 Å². The minimum Gasteiger partial charge on any atom is -0.0628 e. The summed E-state index contributed by atoms with van der Waals surface area (Å²) in [5, 5.41) is 0. The first-order valence-electron chi connectivity index (χ1n) is 5.62. The molecule has 0 heteroatoms. The summed E-state index contributed by atoms with van der Waals surface area (Å²) in [7, 11) is 0. The van der Waals surface area contributed by atoms with E-state index in [9.17, 15) is 0 Å². The lowest BCUT2D eigenvalue weighted by molar-refractivity contribution is -0.180. The van der Waals surface area contributed by atoms with Crippen LogP contribution >= 0.6 is 0 Å². The molecule has 1 saturated carbocycles. The summed E-state index contributed by atoms with van der Waals surface area (Å²) in [6.07, 6.45) is 2.75. The molecule has 0 saturated heterocycles. The molecule has 0 heterocycles. The highest BCUT2D eigenvalue weighted by Gasteiger charge is 2.61. The molecule has 0 aromatic rings. The Balaban J connectivity index is 2.84. The van der Waals surface area contributed by atoms with Crippen LogP contribution in [0.5, 0.6) is 0 Å². The Morgan fingerprint density at radius 2 is 1.31 bits per heavy atom. The van der Waals surface area contributed by atoms with Crippen molar-refractivity contribution in [1.82, 2.24) is 0 Å².